The van der Waals surface area contributed by atoms with Gasteiger partial charge in [0.05, 0.1) is 5.25 Å². The second-order valence-electron chi connectivity index (χ2n) is 6.89. The van der Waals surface area contributed by atoms with Gasteiger partial charge in [-0.05, 0) is 43.0 Å². The van der Waals surface area contributed by atoms with Gasteiger partial charge in [0.25, 0.3) is 5.79 Å². The molecule has 0 radical (unpaired) electrons. The topological polar surface area (TPSA) is 47.6 Å². The molecule has 5 rings (SSSR count). The molecular weight excluding hydrogens is 334 g/mol. The summed E-state index contributed by atoms with van der Waals surface area (Å²) >= 11 is 1.64. The van der Waals surface area contributed by atoms with Gasteiger partial charge < -0.3 is 14.8 Å². The largest absolute Gasteiger partial charge is 0.448 e. The lowest BCUT2D eigenvalue weighted by molar-refractivity contribution is -0.115. The van der Waals surface area contributed by atoms with Gasteiger partial charge in [-0.25, -0.2) is 0 Å². The maximum atomic E-state index is 12.6. The third-order valence-corrected chi connectivity index (χ3v) is 6.43. The zero-order chi connectivity index (χ0) is 16.9. The fourth-order valence-electron chi connectivity index (χ4n) is 3.84. The highest BCUT2D eigenvalue weighted by atomic mass is 32.2. The predicted octanol–water partition coefficient (Wildman–Crippen LogP) is 4.38. The molecule has 25 heavy (non-hydrogen) atoms. The van der Waals surface area contributed by atoms with Crippen LogP contribution in [0.25, 0.3) is 0 Å². The van der Waals surface area contributed by atoms with Gasteiger partial charge in [0.2, 0.25) is 5.91 Å². The molecule has 2 aromatic carbocycles. The van der Waals surface area contributed by atoms with Gasteiger partial charge in [0, 0.05) is 29.5 Å². The minimum absolute atomic E-state index is 0.0376. The highest BCUT2D eigenvalue weighted by Gasteiger charge is 2.44. The number of thioether (sulfide) groups is 1. The molecule has 5 heteroatoms. The summed E-state index contributed by atoms with van der Waals surface area (Å²) in [5, 5.41) is 2.95. The summed E-state index contributed by atoms with van der Waals surface area (Å²) in [6.45, 7) is 0. The maximum absolute atomic E-state index is 12.6. The SMILES string of the molecule is O=C(Nc1ccc2c(c1)OC1(CCCC1)O2)C1Cc2ccccc2S1. The Kier molecular flexibility index (Phi) is 3.45. The molecule has 1 N–H and O–H groups in total. The number of amides is 1. The number of nitrogens with one attached hydrogen (secondary N) is 1. The first-order valence-electron chi connectivity index (χ1n) is 8.78. The molecule has 1 unspecified atom stereocenters. The van der Waals surface area contributed by atoms with Gasteiger partial charge in [-0.2, -0.15) is 0 Å². The van der Waals surface area contributed by atoms with Crippen molar-refractivity contribution in [3.8, 4) is 11.5 Å². The van der Waals surface area contributed by atoms with Crippen LogP contribution in [-0.2, 0) is 11.2 Å². The van der Waals surface area contributed by atoms with E-state index >= 15 is 0 Å². The first-order chi connectivity index (χ1) is 12.2. The normalized spacial score (nSPS) is 22.2. The van der Waals surface area contributed by atoms with Crippen LogP contribution in [0.4, 0.5) is 5.69 Å². The van der Waals surface area contributed by atoms with E-state index in [0.29, 0.717) is 0 Å². The van der Waals surface area contributed by atoms with Crippen molar-refractivity contribution in [2.45, 2.75) is 48.0 Å². The molecule has 1 spiro atoms. The van der Waals surface area contributed by atoms with Crippen LogP contribution in [0.3, 0.4) is 0 Å². The molecule has 0 saturated heterocycles. The number of rotatable bonds is 2. The average Bonchev–Trinajstić information content (AvgIpc) is 3.32. The Morgan fingerprint density at radius 3 is 2.72 bits per heavy atom. The quantitative estimate of drug-likeness (QED) is 0.870. The lowest BCUT2D eigenvalue weighted by Crippen LogP contribution is -2.34. The van der Waals surface area contributed by atoms with E-state index < -0.39 is 5.79 Å². The van der Waals surface area contributed by atoms with Crippen LogP contribution in [0.5, 0.6) is 11.5 Å². The van der Waals surface area contributed by atoms with E-state index in [4.69, 9.17) is 9.47 Å². The Balaban J connectivity index is 1.29. The third kappa shape index (κ3) is 2.67. The number of ether oxygens (including phenoxy) is 2. The highest BCUT2D eigenvalue weighted by Crippen LogP contribution is 2.47. The van der Waals surface area contributed by atoms with Crippen molar-refractivity contribution in [2.75, 3.05) is 5.32 Å². The number of carbonyl (C=O) groups excluding carboxylic acids is 1. The van der Waals surface area contributed by atoms with Crippen molar-refractivity contribution >= 4 is 23.4 Å². The van der Waals surface area contributed by atoms with Gasteiger partial charge in [0.15, 0.2) is 11.5 Å². The van der Waals surface area contributed by atoms with Gasteiger partial charge >= 0.3 is 0 Å². The summed E-state index contributed by atoms with van der Waals surface area (Å²) in [6.07, 6.45) is 4.91. The van der Waals surface area contributed by atoms with Crippen LogP contribution in [0.1, 0.15) is 31.2 Å². The molecule has 1 aliphatic carbocycles. The first-order valence-corrected chi connectivity index (χ1v) is 9.66. The van der Waals surface area contributed by atoms with Crippen molar-refractivity contribution in [1.82, 2.24) is 0 Å². The molecule has 0 aromatic heterocycles. The van der Waals surface area contributed by atoms with E-state index in [0.717, 1.165) is 49.3 Å². The minimum Gasteiger partial charge on any atom is -0.448 e. The molecule has 1 atom stereocenters. The Labute approximate surface area is 150 Å². The highest BCUT2D eigenvalue weighted by molar-refractivity contribution is 8.01. The number of hydrogen-bond donors (Lipinski definition) is 1. The van der Waals surface area contributed by atoms with Crippen molar-refractivity contribution in [3.63, 3.8) is 0 Å². The molecule has 2 heterocycles. The van der Waals surface area contributed by atoms with Crippen molar-refractivity contribution in [1.29, 1.82) is 0 Å². The molecule has 1 fully saturated rings. The molecule has 4 nitrogen and oxygen atoms in total. The Morgan fingerprint density at radius 1 is 1.08 bits per heavy atom. The second-order valence-corrected chi connectivity index (χ2v) is 8.14. The number of benzene rings is 2. The van der Waals surface area contributed by atoms with Crippen molar-refractivity contribution in [3.05, 3.63) is 48.0 Å². The monoisotopic (exact) mass is 353 g/mol. The molecule has 2 aromatic rings. The molecule has 128 valence electrons. The third-order valence-electron chi connectivity index (χ3n) is 5.11. The molecule has 1 saturated carbocycles. The zero-order valence-electron chi connectivity index (χ0n) is 13.8. The van der Waals surface area contributed by atoms with Crippen LogP contribution in [0.15, 0.2) is 47.4 Å². The summed E-state index contributed by atoms with van der Waals surface area (Å²) < 4.78 is 12.1. The van der Waals surface area contributed by atoms with E-state index in [1.807, 2.05) is 30.3 Å². The molecular formula is C20H19NO3S. The summed E-state index contributed by atoms with van der Waals surface area (Å²) in [5.74, 6) is 1.09. The second kappa shape index (κ2) is 5.70. The number of hydrogen-bond acceptors (Lipinski definition) is 4. The fraction of sp³-hybridized carbons (Fsp3) is 0.350. The Hall–Kier alpha value is -2.14. The Morgan fingerprint density at radius 2 is 1.88 bits per heavy atom. The van der Waals surface area contributed by atoms with Gasteiger partial charge in [-0.1, -0.05) is 18.2 Å². The van der Waals surface area contributed by atoms with E-state index in [-0.39, 0.29) is 11.2 Å². The Bertz CT molecular complexity index is 820. The summed E-state index contributed by atoms with van der Waals surface area (Å²) in [4.78, 5) is 13.8. The standard InChI is InChI=1S/C20H19NO3S/c22-19(18-11-13-5-1-2-6-17(13)25-18)21-14-7-8-15-16(12-14)24-20(23-15)9-3-4-10-20/h1-2,5-8,12,18H,3-4,9-11H2,(H,21,22). The lowest BCUT2D eigenvalue weighted by atomic mass is 10.1. The van der Waals surface area contributed by atoms with E-state index in [9.17, 15) is 4.79 Å². The van der Waals surface area contributed by atoms with Gasteiger partial charge in [0.1, 0.15) is 0 Å². The molecule has 3 aliphatic rings. The van der Waals surface area contributed by atoms with Gasteiger partial charge in [-0.15, -0.1) is 11.8 Å². The molecule has 0 bridgehead atoms. The molecule has 2 aliphatic heterocycles. The van der Waals surface area contributed by atoms with E-state index in [2.05, 4.69) is 17.4 Å². The molecule has 1 amide bonds. The maximum Gasteiger partial charge on any atom is 0.251 e. The smallest absolute Gasteiger partial charge is 0.251 e. The van der Waals surface area contributed by atoms with Crippen LogP contribution in [0, 0.1) is 0 Å². The van der Waals surface area contributed by atoms with E-state index in [1.54, 1.807) is 11.8 Å². The van der Waals surface area contributed by atoms with Crippen LogP contribution in [-0.4, -0.2) is 16.9 Å². The summed E-state index contributed by atoms with van der Waals surface area (Å²) in [5.41, 5.74) is 2.01. The zero-order valence-corrected chi connectivity index (χ0v) is 14.6. The summed E-state index contributed by atoms with van der Waals surface area (Å²) in [6, 6.07) is 13.9. The average molecular weight is 353 g/mol. The van der Waals surface area contributed by atoms with Gasteiger partial charge in [-0.3, -0.25) is 4.79 Å². The number of anilines is 1. The van der Waals surface area contributed by atoms with Crippen molar-refractivity contribution < 1.29 is 14.3 Å². The predicted molar refractivity (Wildman–Crippen MR) is 97.3 cm³/mol. The van der Waals surface area contributed by atoms with Crippen molar-refractivity contribution in [2.24, 2.45) is 0 Å². The van der Waals surface area contributed by atoms with Crippen LogP contribution in [0.2, 0.25) is 0 Å². The fourth-order valence-corrected chi connectivity index (χ4v) is 5.04. The number of carbonyl (C=O) groups is 1. The van der Waals surface area contributed by atoms with Crippen LogP contribution >= 0.6 is 11.8 Å². The number of fused-ring (bicyclic) bond motifs is 2. The lowest BCUT2D eigenvalue weighted by Gasteiger charge is -2.21. The van der Waals surface area contributed by atoms with E-state index in [1.165, 1.54) is 10.5 Å². The first kappa shape index (κ1) is 15.1. The van der Waals surface area contributed by atoms with Crippen LogP contribution < -0.4 is 14.8 Å². The summed E-state index contributed by atoms with van der Waals surface area (Å²) in [7, 11) is 0. The minimum atomic E-state index is -0.464.